The maximum atomic E-state index is 12.8. The van der Waals surface area contributed by atoms with Gasteiger partial charge in [0, 0.05) is 22.3 Å². The molecule has 2 heterocycles. The Labute approximate surface area is 119 Å². The molecule has 108 valence electrons. The fraction of sp³-hybridized carbons (Fsp3) is 0.692. The lowest BCUT2D eigenvalue weighted by molar-refractivity contribution is 0.186. The molecule has 1 aliphatic rings. The molecule has 1 unspecified atom stereocenters. The number of hydrogen-bond acceptors (Lipinski definition) is 4. The van der Waals surface area contributed by atoms with Crippen molar-refractivity contribution >= 4 is 21.4 Å². The molecule has 1 aromatic heterocycles. The molecule has 0 aromatic carbocycles. The van der Waals surface area contributed by atoms with Crippen LogP contribution in [0.25, 0.3) is 0 Å². The number of aliphatic hydroxyl groups excluding tert-OH is 1. The van der Waals surface area contributed by atoms with Crippen LogP contribution >= 0.6 is 11.3 Å². The molecule has 0 saturated carbocycles. The van der Waals surface area contributed by atoms with Crippen LogP contribution in [0.4, 0.5) is 0 Å². The lowest BCUT2D eigenvalue weighted by Crippen LogP contribution is -2.42. The lowest BCUT2D eigenvalue weighted by atomic mass is 10.1. The zero-order valence-electron chi connectivity index (χ0n) is 11.4. The van der Waals surface area contributed by atoms with Crippen LogP contribution < -0.4 is 0 Å². The molecule has 4 nitrogen and oxygen atoms in total. The predicted molar refractivity (Wildman–Crippen MR) is 77.0 cm³/mol. The molecule has 0 radical (unpaired) electrons. The highest BCUT2D eigenvalue weighted by molar-refractivity contribution is 7.89. The molecule has 19 heavy (non-hydrogen) atoms. The molecule has 2 rings (SSSR count). The summed E-state index contributed by atoms with van der Waals surface area (Å²) in [4.78, 5) is 2.25. The van der Waals surface area contributed by atoms with Crippen molar-refractivity contribution in [3.05, 3.63) is 15.8 Å². The van der Waals surface area contributed by atoms with E-state index in [2.05, 4.69) is 0 Å². The standard InChI is InChI=1S/C13H21NO3S2/c1-10-8-13(11(2)18-10)19(16,17)14-7-5-3-4-6-12(14)9-15/h8,12,15H,3-7,9H2,1-2H3. The summed E-state index contributed by atoms with van der Waals surface area (Å²) >= 11 is 1.51. The molecule has 0 amide bonds. The molecule has 1 saturated heterocycles. The van der Waals surface area contributed by atoms with Crippen molar-refractivity contribution in [3.63, 3.8) is 0 Å². The Morgan fingerprint density at radius 2 is 2.11 bits per heavy atom. The number of thiophene rings is 1. The average Bonchev–Trinajstić information content (AvgIpc) is 2.59. The van der Waals surface area contributed by atoms with Gasteiger partial charge >= 0.3 is 0 Å². The highest BCUT2D eigenvalue weighted by Gasteiger charge is 2.33. The van der Waals surface area contributed by atoms with Crippen LogP contribution in [0, 0.1) is 13.8 Å². The van der Waals surface area contributed by atoms with Gasteiger partial charge in [-0.1, -0.05) is 12.8 Å². The highest BCUT2D eigenvalue weighted by atomic mass is 32.2. The van der Waals surface area contributed by atoms with Crippen molar-refractivity contribution < 1.29 is 13.5 Å². The summed E-state index contributed by atoms with van der Waals surface area (Å²) in [6.07, 6.45) is 3.64. The van der Waals surface area contributed by atoms with Gasteiger partial charge in [-0.15, -0.1) is 11.3 Å². The van der Waals surface area contributed by atoms with Gasteiger partial charge in [0.05, 0.1) is 11.5 Å². The van der Waals surface area contributed by atoms with Crippen LogP contribution in [0.5, 0.6) is 0 Å². The first-order chi connectivity index (χ1) is 8.96. The molecule has 1 aromatic rings. The van der Waals surface area contributed by atoms with Crippen molar-refractivity contribution in [3.8, 4) is 0 Å². The number of hydrogen-bond donors (Lipinski definition) is 1. The van der Waals surface area contributed by atoms with E-state index in [0.29, 0.717) is 11.4 Å². The zero-order valence-corrected chi connectivity index (χ0v) is 13.1. The summed E-state index contributed by atoms with van der Waals surface area (Å²) in [5.41, 5.74) is 0. The first kappa shape index (κ1) is 15.0. The minimum Gasteiger partial charge on any atom is -0.395 e. The van der Waals surface area contributed by atoms with Gasteiger partial charge in [0.2, 0.25) is 10.0 Å². The van der Waals surface area contributed by atoms with Crippen LogP contribution in [0.15, 0.2) is 11.0 Å². The molecular formula is C13H21NO3S2. The number of aliphatic hydroxyl groups is 1. The number of sulfonamides is 1. The maximum Gasteiger partial charge on any atom is 0.244 e. The van der Waals surface area contributed by atoms with E-state index in [4.69, 9.17) is 0 Å². The minimum atomic E-state index is -3.47. The maximum absolute atomic E-state index is 12.8. The Kier molecular flexibility index (Phi) is 4.66. The van der Waals surface area contributed by atoms with Crippen molar-refractivity contribution in [1.82, 2.24) is 4.31 Å². The van der Waals surface area contributed by atoms with Gasteiger partial charge < -0.3 is 5.11 Å². The van der Waals surface area contributed by atoms with Crippen LogP contribution in [0.2, 0.25) is 0 Å². The molecular weight excluding hydrogens is 282 g/mol. The summed E-state index contributed by atoms with van der Waals surface area (Å²) in [5, 5.41) is 9.47. The van der Waals surface area contributed by atoms with E-state index >= 15 is 0 Å². The summed E-state index contributed by atoms with van der Waals surface area (Å²) < 4.78 is 27.0. The quantitative estimate of drug-likeness (QED) is 0.932. The first-order valence-corrected chi connectivity index (χ1v) is 8.92. The zero-order chi connectivity index (χ0) is 14.0. The Morgan fingerprint density at radius 1 is 1.37 bits per heavy atom. The normalized spacial score (nSPS) is 22.4. The van der Waals surface area contributed by atoms with Gasteiger partial charge in [-0.3, -0.25) is 0 Å². The van der Waals surface area contributed by atoms with E-state index < -0.39 is 10.0 Å². The summed E-state index contributed by atoms with van der Waals surface area (Å²) in [7, 11) is -3.47. The van der Waals surface area contributed by atoms with Crippen LogP contribution in [-0.2, 0) is 10.0 Å². The smallest absolute Gasteiger partial charge is 0.244 e. The Bertz CT molecular complexity index is 536. The lowest BCUT2D eigenvalue weighted by Gasteiger charge is -2.27. The number of nitrogens with zero attached hydrogens (tertiary/aromatic N) is 1. The van der Waals surface area contributed by atoms with Crippen LogP contribution in [0.1, 0.15) is 35.4 Å². The van der Waals surface area contributed by atoms with Crippen LogP contribution in [0.3, 0.4) is 0 Å². The van der Waals surface area contributed by atoms with Gasteiger partial charge in [0.15, 0.2) is 0 Å². The third-order valence-corrected chi connectivity index (χ3v) is 6.79. The third-order valence-electron chi connectivity index (χ3n) is 3.62. The van der Waals surface area contributed by atoms with Gasteiger partial charge in [-0.05, 0) is 32.8 Å². The average molecular weight is 303 g/mol. The van der Waals surface area contributed by atoms with E-state index in [0.717, 1.165) is 35.4 Å². The molecule has 0 spiro atoms. The molecule has 1 aliphatic heterocycles. The van der Waals surface area contributed by atoms with E-state index in [1.165, 1.54) is 15.6 Å². The number of rotatable bonds is 3. The fourth-order valence-electron chi connectivity index (χ4n) is 2.64. The summed E-state index contributed by atoms with van der Waals surface area (Å²) in [6, 6.07) is 1.47. The Balaban J connectivity index is 2.39. The molecule has 1 fully saturated rings. The van der Waals surface area contributed by atoms with Gasteiger partial charge in [0.25, 0.3) is 0 Å². The van der Waals surface area contributed by atoms with E-state index in [-0.39, 0.29) is 12.6 Å². The van der Waals surface area contributed by atoms with Crippen molar-refractivity contribution in [2.75, 3.05) is 13.2 Å². The van der Waals surface area contributed by atoms with Gasteiger partial charge in [-0.25, -0.2) is 8.42 Å². The molecule has 0 aliphatic carbocycles. The molecule has 0 bridgehead atoms. The van der Waals surface area contributed by atoms with Crippen molar-refractivity contribution in [2.24, 2.45) is 0 Å². The Hall–Kier alpha value is -0.430. The van der Waals surface area contributed by atoms with E-state index in [1.54, 1.807) is 6.07 Å². The molecule has 1 N–H and O–H groups in total. The van der Waals surface area contributed by atoms with Gasteiger partial charge in [0.1, 0.15) is 0 Å². The first-order valence-electron chi connectivity index (χ1n) is 6.66. The van der Waals surface area contributed by atoms with Crippen molar-refractivity contribution in [2.45, 2.75) is 50.5 Å². The second kappa shape index (κ2) is 5.91. The second-order valence-corrected chi connectivity index (χ2v) is 8.40. The van der Waals surface area contributed by atoms with E-state index in [1.807, 2.05) is 13.8 Å². The molecule has 1 atom stereocenters. The van der Waals surface area contributed by atoms with Gasteiger partial charge in [-0.2, -0.15) is 4.31 Å². The highest BCUT2D eigenvalue weighted by Crippen LogP contribution is 2.30. The van der Waals surface area contributed by atoms with Crippen molar-refractivity contribution in [1.29, 1.82) is 0 Å². The SMILES string of the molecule is Cc1cc(S(=O)(=O)N2CCCCCC2CO)c(C)s1. The monoisotopic (exact) mass is 303 g/mol. The fourth-order valence-corrected chi connectivity index (χ4v) is 5.85. The summed E-state index contributed by atoms with van der Waals surface area (Å²) in [5.74, 6) is 0. The Morgan fingerprint density at radius 3 is 2.68 bits per heavy atom. The largest absolute Gasteiger partial charge is 0.395 e. The topological polar surface area (TPSA) is 57.6 Å². The second-order valence-electron chi connectivity index (χ2n) is 5.08. The third kappa shape index (κ3) is 3.02. The molecule has 6 heteroatoms. The number of aryl methyl sites for hydroxylation is 2. The minimum absolute atomic E-state index is 0.0958. The predicted octanol–water partition coefficient (Wildman–Crippen LogP) is 2.29. The van der Waals surface area contributed by atoms with E-state index in [9.17, 15) is 13.5 Å². The van der Waals surface area contributed by atoms with Crippen LogP contribution in [-0.4, -0.2) is 37.0 Å². The summed E-state index contributed by atoms with van der Waals surface area (Å²) in [6.45, 7) is 4.18.